The molecule has 1 aliphatic heterocycles. The molecule has 3 nitrogen and oxygen atoms in total. The molecule has 0 spiro atoms. The molecule has 0 aromatic rings. The summed E-state index contributed by atoms with van der Waals surface area (Å²) >= 11 is 0. The third-order valence-electron chi connectivity index (χ3n) is 3.59. The van der Waals surface area contributed by atoms with Crippen molar-refractivity contribution in [3.63, 3.8) is 0 Å². The monoisotopic (exact) mass is 256 g/mol. The largest absolute Gasteiger partial charge is 0.381 e. The van der Waals surface area contributed by atoms with Crippen molar-refractivity contribution in [1.29, 1.82) is 0 Å². The average molecular weight is 256 g/mol. The van der Waals surface area contributed by atoms with Crippen molar-refractivity contribution in [1.82, 2.24) is 10.2 Å². The van der Waals surface area contributed by atoms with E-state index in [0.29, 0.717) is 6.04 Å². The molecule has 1 aliphatic rings. The van der Waals surface area contributed by atoms with E-state index in [2.05, 4.69) is 31.1 Å². The molecule has 0 saturated carbocycles. The minimum absolute atomic E-state index is 0.624. The molecule has 1 fully saturated rings. The zero-order valence-electron chi connectivity index (χ0n) is 12.6. The van der Waals surface area contributed by atoms with Gasteiger partial charge in [-0.3, -0.25) is 0 Å². The molecule has 3 heteroatoms. The Labute approximate surface area is 113 Å². The van der Waals surface area contributed by atoms with Gasteiger partial charge in [-0.25, -0.2) is 0 Å². The Kier molecular flexibility index (Phi) is 8.64. The van der Waals surface area contributed by atoms with Gasteiger partial charge in [-0.1, -0.05) is 20.3 Å². The number of hydrogen-bond acceptors (Lipinski definition) is 3. The first-order chi connectivity index (χ1) is 8.68. The van der Waals surface area contributed by atoms with E-state index >= 15 is 0 Å². The average Bonchev–Trinajstić information content (AvgIpc) is 2.34. The first kappa shape index (κ1) is 15.9. The smallest absolute Gasteiger partial charge is 0.0506 e. The lowest BCUT2D eigenvalue weighted by molar-refractivity contribution is 0.0419. The fourth-order valence-corrected chi connectivity index (χ4v) is 2.56. The maximum atomic E-state index is 5.53. The summed E-state index contributed by atoms with van der Waals surface area (Å²) in [4.78, 5) is 2.48. The molecule has 108 valence electrons. The third-order valence-corrected chi connectivity index (χ3v) is 3.59. The summed E-state index contributed by atoms with van der Waals surface area (Å²) in [5.41, 5.74) is 0. The first-order valence-electron chi connectivity index (χ1n) is 7.68. The van der Waals surface area contributed by atoms with Gasteiger partial charge in [0.15, 0.2) is 0 Å². The van der Waals surface area contributed by atoms with Crippen molar-refractivity contribution in [2.75, 3.05) is 39.9 Å². The number of ether oxygens (including phenoxy) is 1. The van der Waals surface area contributed by atoms with E-state index in [9.17, 15) is 0 Å². The Hall–Kier alpha value is -0.120. The van der Waals surface area contributed by atoms with Gasteiger partial charge in [-0.15, -0.1) is 0 Å². The molecule has 1 saturated heterocycles. The zero-order valence-corrected chi connectivity index (χ0v) is 12.6. The summed E-state index contributed by atoms with van der Waals surface area (Å²) in [7, 11) is 2.25. The van der Waals surface area contributed by atoms with Crippen LogP contribution in [-0.2, 0) is 4.74 Å². The molecule has 1 N–H and O–H groups in total. The van der Waals surface area contributed by atoms with Crippen molar-refractivity contribution in [3.05, 3.63) is 0 Å². The number of hydrogen-bond donors (Lipinski definition) is 1. The van der Waals surface area contributed by atoms with Gasteiger partial charge < -0.3 is 15.0 Å². The van der Waals surface area contributed by atoms with Crippen LogP contribution in [0.4, 0.5) is 0 Å². The van der Waals surface area contributed by atoms with E-state index in [-0.39, 0.29) is 0 Å². The number of nitrogens with one attached hydrogen (secondary N) is 1. The Morgan fingerprint density at radius 3 is 2.78 bits per heavy atom. The van der Waals surface area contributed by atoms with Crippen LogP contribution in [0.25, 0.3) is 0 Å². The van der Waals surface area contributed by atoms with Crippen molar-refractivity contribution in [3.8, 4) is 0 Å². The fraction of sp³-hybridized carbons (Fsp3) is 1.00. The van der Waals surface area contributed by atoms with Crippen LogP contribution >= 0.6 is 0 Å². The summed E-state index contributed by atoms with van der Waals surface area (Å²) in [6.07, 6.45) is 6.57. The molecule has 0 amide bonds. The van der Waals surface area contributed by atoms with Crippen molar-refractivity contribution >= 4 is 0 Å². The van der Waals surface area contributed by atoms with Gasteiger partial charge in [-0.05, 0) is 51.7 Å². The van der Waals surface area contributed by atoms with Crippen molar-refractivity contribution in [2.45, 2.75) is 52.0 Å². The van der Waals surface area contributed by atoms with Gasteiger partial charge in [0.1, 0.15) is 0 Å². The van der Waals surface area contributed by atoms with Gasteiger partial charge in [0.05, 0.1) is 6.61 Å². The molecule has 0 aromatic carbocycles. The van der Waals surface area contributed by atoms with Crippen LogP contribution in [0.15, 0.2) is 0 Å². The van der Waals surface area contributed by atoms with Crippen LogP contribution < -0.4 is 5.32 Å². The molecular weight excluding hydrogens is 224 g/mol. The molecule has 0 bridgehead atoms. The topological polar surface area (TPSA) is 24.5 Å². The minimum atomic E-state index is 0.624. The third kappa shape index (κ3) is 8.06. The SMILES string of the molecule is CC(C)NCCCCCN(C)CC1CCCOC1. The van der Waals surface area contributed by atoms with Crippen LogP contribution in [0.3, 0.4) is 0 Å². The fourth-order valence-electron chi connectivity index (χ4n) is 2.56. The second-order valence-electron chi connectivity index (χ2n) is 6.01. The highest BCUT2D eigenvalue weighted by molar-refractivity contribution is 4.67. The second kappa shape index (κ2) is 9.76. The van der Waals surface area contributed by atoms with Crippen LogP contribution in [-0.4, -0.2) is 50.8 Å². The first-order valence-corrected chi connectivity index (χ1v) is 7.68. The van der Waals surface area contributed by atoms with E-state index < -0.39 is 0 Å². The Morgan fingerprint density at radius 1 is 1.28 bits per heavy atom. The van der Waals surface area contributed by atoms with Gasteiger partial charge >= 0.3 is 0 Å². The summed E-state index contributed by atoms with van der Waals surface area (Å²) in [6, 6.07) is 0.624. The highest BCUT2D eigenvalue weighted by Gasteiger charge is 2.15. The minimum Gasteiger partial charge on any atom is -0.381 e. The van der Waals surface area contributed by atoms with Crippen molar-refractivity contribution in [2.24, 2.45) is 5.92 Å². The standard InChI is InChI=1S/C15H32N2O/c1-14(2)16-9-5-4-6-10-17(3)12-15-8-7-11-18-13-15/h14-16H,4-13H2,1-3H3. The van der Waals surface area contributed by atoms with Gasteiger partial charge in [-0.2, -0.15) is 0 Å². The maximum absolute atomic E-state index is 5.53. The molecule has 1 atom stereocenters. The molecule has 0 aliphatic carbocycles. The van der Waals surface area contributed by atoms with Crippen LogP contribution in [0, 0.1) is 5.92 Å². The van der Waals surface area contributed by atoms with Gasteiger partial charge in [0.2, 0.25) is 0 Å². The van der Waals surface area contributed by atoms with E-state index in [0.717, 1.165) is 25.7 Å². The Balaban J connectivity index is 1.91. The molecular formula is C15H32N2O. The number of nitrogens with zero attached hydrogens (tertiary/aromatic N) is 1. The van der Waals surface area contributed by atoms with E-state index in [1.54, 1.807) is 0 Å². The lowest BCUT2D eigenvalue weighted by atomic mass is 10.0. The molecule has 0 aromatic heterocycles. The van der Waals surface area contributed by atoms with E-state index in [1.165, 1.54) is 45.2 Å². The molecule has 18 heavy (non-hydrogen) atoms. The lowest BCUT2D eigenvalue weighted by Crippen LogP contribution is -2.31. The molecule has 1 unspecified atom stereocenters. The van der Waals surface area contributed by atoms with Crippen molar-refractivity contribution < 1.29 is 4.74 Å². The van der Waals surface area contributed by atoms with E-state index in [1.807, 2.05) is 0 Å². The quantitative estimate of drug-likeness (QED) is 0.642. The highest BCUT2D eigenvalue weighted by atomic mass is 16.5. The molecule has 1 rings (SSSR count). The Bertz CT molecular complexity index is 191. The summed E-state index contributed by atoms with van der Waals surface area (Å²) in [5.74, 6) is 0.770. The highest BCUT2D eigenvalue weighted by Crippen LogP contribution is 2.14. The summed E-state index contributed by atoms with van der Waals surface area (Å²) < 4.78 is 5.53. The Morgan fingerprint density at radius 2 is 2.11 bits per heavy atom. The van der Waals surface area contributed by atoms with Crippen LogP contribution in [0.5, 0.6) is 0 Å². The summed E-state index contributed by atoms with van der Waals surface area (Å²) in [5, 5.41) is 3.47. The molecule has 1 heterocycles. The maximum Gasteiger partial charge on any atom is 0.0506 e. The predicted octanol–water partition coefficient (Wildman–Crippen LogP) is 2.51. The van der Waals surface area contributed by atoms with Gasteiger partial charge in [0, 0.05) is 19.2 Å². The van der Waals surface area contributed by atoms with E-state index in [4.69, 9.17) is 4.74 Å². The number of unbranched alkanes of at least 4 members (excludes halogenated alkanes) is 2. The lowest BCUT2D eigenvalue weighted by Gasteiger charge is -2.27. The van der Waals surface area contributed by atoms with Crippen LogP contribution in [0.1, 0.15) is 46.0 Å². The van der Waals surface area contributed by atoms with Crippen LogP contribution in [0.2, 0.25) is 0 Å². The predicted molar refractivity (Wildman–Crippen MR) is 78.0 cm³/mol. The number of rotatable bonds is 9. The van der Waals surface area contributed by atoms with Gasteiger partial charge in [0.25, 0.3) is 0 Å². The summed E-state index contributed by atoms with van der Waals surface area (Å²) in [6.45, 7) is 9.98. The normalized spacial score (nSPS) is 20.8. The second-order valence-corrected chi connectivity index (χ2v) is 6.01. The molecule has 0 radical (unpaired) electrons. The zero-order chi connectivity index (χ0) is 13.2.